The Morgan fingerprint density at radius 2 is 1.85 bits per heavy atom. The van der Waals surface area contributed by atoms with E-state index in [4.69, 9.17) is 5.73 Å². The van der Waals surface area contributed by atoms with Gasteiger partial charge in [-0.15, -0.1) is 11.8 Å². The molecule has 144 valence electrons. The Morgan fingerprint density at radius 3 is 2.56 bits per heavy atom. The van der Waals surface area contributed by atoms with Gasteiger partial charge in [-0.1, -0.05) is 31.0 Å². The molecule has 0 radical (unpaired) electrons. The topological polar surface area (TPSA) is 106 Å². The lowest BCUT2D eigenvalue weighted by molar-refractivity contribution is -0.120. The largest absolute Gasteiger partial charge is 0.368 e. The second kappa shape index (κ2) is 9.03. The average Bonchev–Trinajstić information content (AvgIpc) is 3.15. The molecule has 27 heavy (non-hydrogen) atoms. The van der Waals surface area contributed by atoms with E-state index in [-0.39, 0.29) is 22.4 Å². The van der Waals surface area contributed by atoms with Crippen LogP contribution in [-0.4, -0.2) is 32.2 Å². The van der Waals surface area contributed by atoms with Crippen LogP contribution in [0.2, 0.25) is 0 Å². The van der Waals surface area contributed by atoms with Crippen LogP contribution in [0, 0.1) is 0 Å². The fourth-order valence-corrected chi connectivity index (χ4v) is 4.15. The fourth-order valence-electron chi connectivity index (χ4n) is 3.12. The molecule has 0 bridgehead atoms. The van der Waals surface area contributed by atoms with E-state index in [2.05, 4.69) is 25.6 Å². The molecule has 1 aromatic carbocycles. The van der Waals surface area contributed by atoms with Gasteiger partial charge < -0.3 is 16.4 Å². The molecule has 1 heterocycles. The molecule has 7 nitrogen and oxygen atoms in total. The van der Waals surface area contributed by atoms with Gasteiger partial charge in [0, 0.05) is 11.7 Å². The van der Waals surface area contributed by atoms with Gasteiger partial charge in [0.05, 0.1) is 10.5 Å². The minimum atomic E-state index is -0.191. The zero-order valence-electron chi connectivity index (χ0n) is 15.7. The van der Waals surface area contributed by atoms with E-state index in [0.717, 1.165) is 18.5 Å². The Hall–Kier alpha value is -2.35. The zero-order valence-corrected chi connectivity index (χ0v) is 16.5. The highest BCUT2D eigenvalue weighted by Crippen LogP contribution is 2.31. The number of aromatic nitrogens is 3. The maximum absolute atomic E-state index is 12.4. The molecule has 0 saturated heterocycles. The molecule has 1 aliphatic rings. The quantitative estimate of drug-likeness (QED) is 0.669. The van der Waals surface area contributed by atoms with Crippen LogP contribution < -0.4 is 16.4 Å². The minimum Gasteiger partial charge on any atom is -0.368 e. The van der Waals surface area contributed by atoms with E-state index in [1.165, 1.54) is 24.6 Å². The summed E-state index contributed by atoms with van der Waals surface area (Å²) in [7, 11) is 0. The number of carbonyl (C=O) groups is 1. The molecule has 0 aliphatic heterocycles. The monoisotopic (exact) mass is 386 g/mol. The number of hydrogen-bond donors (Lipinski definition) is 3. The van der Waals surface area contributed by atoms with Gasteiger partial charge in [0.2, 0.25) is 17.8 Å². The maximum atomic E-state index is 12.4. The van der Waals surface area contributed by atoms with Crippen molar-refractivity contribution in [3.63, 3.8) is 0 Å². The molecular weight excluding hydrogens is 360 g/mol. The third-order valence-corrected chi connectivity index (χ3v) is 5.78. The van der Waals surface area contributed by atoms with Gasteiger partial charge >= 0.3 is 0 Å². The molecule has 1 aliphatic carbocycles. The number of nitrogens with zero attached hydrogens (tertiary/aromatic N) is 3. The lowest BCUT2D eigenvalue weighted by atomic mass is 10.2. The summed E-state index contributed by atoms with van der Waals surface area (Å²) in [5.74, 6) is 1.20. The van der Waals surface area contributed by atoms with Gasteiger partial charge in [0.15, 0.2) is 0 Å². The van der Waals surface area contributed by atoms with Crippen LogP contribution in [0.1, 0.15) is 50.6 Å². The third kappa shape index (κ3) is 5.56. The van der Waals surface area contributed by atoms with E-state index >= 15 is 0 Å². The summed E-state index contributed by atoms with van der Waals surface area (Å²) in [6.45, 7) is 3.89. The molecule has 3 rings (SSSR count). The Morgan fingerprint density at radius 1 is 1.15 bits per heavy atom. The first-order chi connectivity index (χ1) is 13.0. The summed E-state index contributed by atoms with van der Waals surface area (Å²) in [5.41, 5.74) is 6.73. The second-order valence-electron chi connectivity index (χ2n) is 6.78. The molecule has 8 heteroatoms. The number of para-hydroxylation sites is 1. The number of hydrogen-bond acceptors (Lipinski definition) is 7. The van der Waals surface area contributed by atoms with Crippen molar-refractivity contribution < 1.29 is 4.79 Å². The number of anilines is 3. The molecule has 1 saturated carbocycles. The standard InChI is InChI=1S/C19H26N6OS/c1-12(27-13(2)17(26)21-14-10-6-7-11-14)16-23-18(20)25-19(24-16)22-15-8-4-3-5-9-15/h3-5,8-9,12-14H,6-7,10-11H2,1-2H3,(H,21,26)(H3,20,22,23,24,25). The normalized spacial score (nSPS) is 16.7. The van der Waals surface area contributed by atoms with E-state index in [9.17, 15) is 4.79 Å². The number of nitrogens with two attached hydrogens (primary N) is 1. The van der Waals surface area contributed by atoms with Crippen LogP contribution in [0.25, 0.3) is 0 Å². The molecule has 0 spiro atoms. The predicted molar refractivity (Wildman–Crippen MR) is 110 cm³/mol. The van der Waals surface area contributed by atoms with Crippen LogP contribution in [0.15, 0.2) is 30.3 Å². The summed E-state index contributed by atoms with van der Waals surface area (Å²) in [6, 6.07) is 9.97. The van der Waals surface area contributed by atoms with Gasteiger partial charge in [0.1, 0.15) is 5.82 Å². The molecule has 2 unspecified atom stereocenters. The van der Waals surface area contributed by atoms with E-state index in [1.807, 2.05) is 44.2 Å². The smallest absolute Gasteiger partial charge is 0.233 e. The second-order valence-corrected chi connectivity index (χ2v) is 8.46. The fraction of sp³-hybridized carbons (Fsp3) is 0.474. The molecule has 1 aromatic heterocycles. The first-order valence-corrected chi connectivity index (χ1v) is 10.2. The molecule has 1 amide bonds. The number of benzene rings is 1. The van der Waals surface area contributed by atoms with Crippen LogP contribution in [0.4, 0.5) is 17.6 Å². The lowest BCUT2D eigenvalue weighted by Gasteiger charge is -2.19. The summed E-state index contributed by atoms with van der Waals surface area (Å²) in [4.78, 5) is 25.3. The Balaban J connectivity index is 1.63. The number of amides is 1. The van der Waals surface area contributed by atoms with Crippen molar-refractivity contribution in [1.29, 1.82) is 0 Å². The minimum absolute atomic E-state index is 0.0726. The van der Waals surface area contributed by atoms with Crippen molar-refractivity contribution in [1.82, 2.24) is 20.3 Å². The number of rotatable bonds is 7. The van der Waals surface area contributed by atoms with Gasteiger partial charge in [-0.2, -0.15) is 15.0 Å². The molecule has 1 fully saturated rings. The van der Waals surface area contributed by atoms with Gasteiger partial charge in [-0.05, 0) is 38.8 Å². The van der Waals surface area contributed by atoms with Crippen molar-refractivity contribution in [3.8, 4) is 0 Å². The van der Waals surface area contributed by atoms with Gasteiger partial charge in [-0.3, -0.25) is 4.79 Å². The summed E-state index contributed by atoms with van der Waals surface area (Å²) < 4.78 is 0. The molecule has 2 aromatic rings. The van der Waals surface area contributed by atoms with Gasteiger partial charge in [-0.25, -0.2) is 0 Å². The molecule has 2 atom stereocenters. The van der Waals surface area contributed by atoms with Crippen LogP contribution >= 0.6 is 11.8 Å². The summed E-state index contributed by atoms with van der Waals surface area (Å²) in [6.07, 6.45) is 4.56. The van der Waals surface area contributed by atoms with Crippen LogP contribution in [0.3, 0.4) is 0 Å². The molecule has 4 N–H and O–H groups in total. The maximum Gasteiger partial charge on any atom is 0.233 e. The van der Waals surface area contributed by atoms with Crippen molar-refractivity contribution in [2.24, 2.45) is 0 Å². The lowest BCUT2D eigenvalue weighted by Crippen LogP contribution is -2.37. The predicted octanol–water partition coefficient (Wildman–Crippen LogP) is 3.44. The zero-order chi connectivity index (χ0) is 19.2. The highest BCUT2D eigenvalue weighted by atomic mass is 32.2. The van der Waals surface area contributed by atoms with E-state index in [1.54, 1.807) is 0 Å². The van der Waals surface area contributed by atoms with E-state index in [0.29, 0.717) is 17.8 Å². The summed E-state index contributed by atoms with van der Waals surface area (Å²) in [5, 5.41) is 6.00. The number of nitrogen functional groups attached to an aromatic ring is 1. The SMILES string of the molecule is CC(SC(C)c1nc(N)nc(Nc2ccccc2)n1)C(=O)NC1CCCC1. The van der Waals surface area contributed by atoms with Crippen LogP contribution in [-0.2, 0) is 4.79 Å². The average molecular weight is 387 g/mol. The van der Waals surface area contributed by atoms with Crippen molar-refractivity contribution >= 4 is 35.3 Å². The summed E-state index contributed by atoms with van der Waals surface area (Å²) >= 11 is 1.52. The Kier molecular flexibility index (Phi) is 6.49. The van der Waals surface area contributed by atoms with E-state index < -0.39 is 0 Å². The van der Waals surface area contributed by atoms with Crippen molar-refractivity contribution in [3.05, 3.63) is 36.2 Å². The first-order valence-electron chi connectivity index (χ1n) is 9.30. The van der Waals surface area contributed by atoms with Crippen molar-refractivity contribution in [2.45, 2.75) is 56.1 Å². The number of thioether (sulfide) groups is 1. The highest BCUT2D eigenvalue weighted by molar-refractivity contribution is 8.00. The number of carbonyl (C=O) groups excluding carboxylic acids is 1. The first kappa shape index (κ1) is 19.4. The molecular formula is C19H26N6OS. The van der Waals surface area contributed by atoms with Crippen molar-refractivity contribution in [2.75, 3.05) is 11.1 Å². The Bertz CT molecular complexity index is 766. The third-order valence-electron chi connectivity index (χ3n) is 4.54. The highest BCUT2D eigenvalue weighted by Gasteiger charge is 2.24. The van der Waals surface area contributed by atoms with Crippen LogP contribution in [0.5, 0.6) is 0 Å². The number of nitrogens with one attached hydrogen (secondary N) is 2. The Labute approximate surface area is 164 Å². The van der Waals surface area contributed by atoms with Gasteiger partial charge in [0.25, 0.3) is 0 Å².